The van der Waals surface area contributed by atoms with Crippen molar-refractivity contribution in [1.29, 1.82) is 0 Å². The molecule has 0 aliphatic carbocycles. The minimum Gasteiger partial charge on any atom is -0.343 e. The maximum absolute atomic E-state index is 15.7. The molecule has 2 aliphatic rings. The summed E-state index contributed by atoms with van der Waals surface area (Å²) in [5.74, 6) is -1.22. The van der Waals surface area contributed by atoms with E-state index in [0.29, 0.717) is 11.4 Å². The molecule has 0 saturated carbocycles. The van der Waals surface area contributed by atoms with Gasteiger partial charge in [0.25, 0.3) is 12.3 Å². The summed E-state index contributed by atoms with van der Waals surface area (Å²) in [5, 5.41) is 0. The van der Waals surface area contributed by atoms with Crippen molar-refractivity contribution in [2.45, 2.75) is 64.8 Å². The van der Waals surface area contributed by atoms with Crippen LogP contribution in [0.4, 0.5) is 17.6 Å². The van der Waals surface area contributed by atoms with Gasteiger partial charge >= 0.3 is 0 Å². The zero-order chi connectivity index (χ0) is 26.4. The van der Waals surface area contributed by atoms with Crippen LogP contribution >= 0.6 is 0 Å². The predicted molar refractivity (Wildman–Crippen MR) is 123 cm³/mol. The van der Waals surface area contributed by atoms with Crippen LogP contribution < -0.4 is 5.49 Å². The second-order valence-electron chi connectivity index (χ2n) is 9.46. The van der Waals surface area contributed by atoms with Gasteiger partial charge in [-0.1, -0.05) is 18.2 Å². The Morgan fingerprint density at radius 1 is 1.11 bits per heavy atom. The molecule has 1 saturated heterocycles. The van der Waals surface area contributed by atoms with Gasteiger partial charge in [-0.2, -0.15) is 0 Å². The van der Waals surface area contributed by atoms with Gasteiger partial charge in [0, 0.05) is 56.7 Å². The molecule has 2 aliphatic heterocycles. The number of amides is 2. The molecule has 36 heavy (non-hydrogen) atoms. The molecule has 1 aromatic carbocycles. The van der Waals surface area contributed by atoms with Crippen molar-refractivity contribution in [2.75, 3.05) is 13.1 Å². The minimum absolute atomic E-state index is 0.0140. The van der Waals surface area contributed by atoms with Gasteiger partial charge in [-0.3, -0.25) is 14.6 Å². The highest BCUT2D eigenvalue weighted by molar-refractivity contribution is 5.86. The van der Waals surface area contributed by atoms with Crippen LogP contribution in [0.2, 0.25) is 0 Å². The number of halogens is 4. The number of carbonyl (C=O) groups is 2. The van der Waals surface area contributed by atoms with Crippen molar-refractivity contribution in [2.24, 2.45) is 12.0 Å². The Morgan fingerprint density at radius 3 is 2.36 bits per heavy atom. The minimum atomic E-state index is -2.95. The summed E-state index contributed by atoms with van der Waals surface area (Å²) in [6, 6.07) is 2.98. The first-order chi connectivity index (χ1) is 16.9. The first-order valence-electron chi connectivity index (χ1n) is 11.8. The summed E-state index contributed by atoms with van der Waals surface area (Å²) in [7, 11) is 1.78. The van der Waals surface area contributed by atoms with E-state index in [4.69, 9.17) is 0 Å². The maximum Gasteiger partial charge on any atom is 0.266 e. The third-order valence-electron chi connectivity index (χ3n) is 7.20. The van der Waals surface area contributed by atoms with Crippen LogP contribution in [0.3, 0.4) is 0 Å². The van der Waals surface area contributed by atoms with Gasteiger partial charge in [-0.15, -0.1) is 0 Å². The van der Waals surface area contributed by atoms with Gasteiger partial charge in [0.1, 0.15) is 11.6 Å². The summed E-state index contributed by atoms with van der Waals surface area (Å²) in [5.41, 5.74) is -1.14. The Morgan fingerprint density at radius 2 is 1.75 bits per heavy atom. The van der Waals surface area contributed by atoms with Crippen molar-refractivity contribution in [3.05, 3.63) is 57.7 Å². The summed E-state index contributed by atoms with van der Waals surface area (Å²) in [6.07, 6.45) is -3.10. The number of alkyl halides is 3. The average Bonchev–Trinajstić information content (AvgIpc) is 3.28. The molecule has 1 atom stereocenters. The van der Waals surface area contributed by atoms with E-state index < -0.39 is 35.4 Å². The number of carbonyl (C=O) groups excluding carboxylic acids is 2. The van der Waals surface area contributed by atoms with Crippen molar-refractivity contribution < 1.29 is 27.2 Å². The molecular formula is C25H29F4N5O2. The molecule has 3 heterocycles. The molecule has 0 radical (unpaired) electrons. The first-order valence-corrected chi connectivity index (χ1v) is 11.8. The Bertz CT molecular complexity index is 1270. The van der Waals surface area contributed by atoms with Crippen LogP contribution in [0.5, 0.6) is 0 Å². The largest absolute Gasteiger partial charge is 0.343 e. The van der Waals surface area contributed by atoms with E-state index in [-0.39, 0.29) is 56.0 Å². The molecular weight excluding hydrogens is 478 g/mol. The lowest BCUT2D eigenvalue weighted by Gasteiger charge is -2.36. The SMILES string of the molecule is CC(=O)N1CCC(F)(C(=O)N2Cc3c(n(C)c(C)n/c3=N\C(C)c3cccc(C(F)F)c3F)C2)CC1. The van der Waals surface area contributed by atoms with E-state index >= 15 is 4.39 Å². The summed E-state index contributed by atoms with van der Waals surface area (Å²) in [4.78, 5) is 36.8. The van der Waals surface area contributed by atoms with Crippen LogP contribution in [0.15, 0.2) is 23.2 Å². The molecule has 2 aromatic rings. The van der Waals surface area contributed by atoms with E-state index in [9.17, 15) is 22.8 Å². The van der Waals surface area contributed by atoms with Gasteiger partial charge < -0.3 is 14.4 Å². The van der Waals surface area contributed by atoms with Crippen LogP contribution in [-0.4, -0.2) is 49.9 Å². The first kappa shape index (κ1) is 25.8. The Kier molecular flexibility index (Phi) is 6.94. The Hall–Kier alpha value is -3.24. The van der Waals surface area contributed by atoms with E-state index in [1.807, 2.05) is 0 Å². The number of benzene rings is 1. The van der Waals surface area contributed by atoms with Gasteiger partial charge in [-0.05, 0) is 13.8 Å². The van der Waals surface area contributed by atoms with Crippen molar-refractivity contribution >= 4 is 11.8 Å². The van der Waals surface area contributed by atoms with Gasteiger partial charge in [0.05, 0.1) is 24.7 Å². The molecule has 1 unspecified atom stereocenters. The zero-order valence-corrected chi connectivity index (χ0v) is 20.7. The van der Waals surface area contributed by atoms with Crippen LogP contribution in [0.1, 0.15) is 67.4 Å². The monoisotopic (exact) mass is 507 g/mol. The van der Waals surface area contributed by atoms with Crippen molar-refractivity contribution in [3.8, 4) is 0 Å². The second-order valence-corrected chi connectivity index (χ2v) is 9.46. The number of likely N-dealkylation sites (tertiary alicyclic amines) is 1. The van der Waals surface area contributed by atoms with Crippen molar-refractivity contribution in [3.63, 3.8) is 0 Å². The van der Waals surface area contributed by atoms with Crippen molar-refractivity contribution in [1.82, 2.24) is 19.4 Å². The number of hydrogen-bond acceptors (Lipinski definition) is 4. The highest BCUT2D eigenvalue weighted by Crippen LogP contribution is 2.33. The fourth-order valence-electron chi connectivity index (χ4n) is 4.85. The van der Waals surface area contributed by atoms with Crippen LogP contribution in [0, 0.1) is 12.7 Å². The lowest BCUT2D eigenvalue weighted by molar-refractivity contribution is -0.150. The quantitative estimate of drug-likeness (QED) is 0.594. The van der Waals surface area contributed by atoms with Gasteiger partial charge in [-0.25, -0.2) is 22.5 Å². The van der Waals surface area contributed by atoms with Crippen LogP contribution in [-0.2, 0) is 29.7 Å². The normalized spacial score (nSPS) is 18.5. The Balaban J connectivity index is 1.64. The van der Waals surface area contributed by atoms with E-state index in [2.05, 4.69) is 9.98 Å². The molecule has 2 amide bonds. The highest BCUT2D eigenvalue weighted by atomic mass is 19.3. The molecule has 1 fully saturated rings. The lowest BCUT2D eigenvalue weighted by atomic mass is 9.91. The molecule has 4 rings (SSSR count). The van der Waals surface area contributed by atoms with E-state index in [1.54, 1.807) is 25.5 Å². The fourth-order valence-corrected chi connectivity index (χ4v) is 4.85. The summed E-state index contributed by atoms with van der Waals surface area (Å²) in [6.45, 7) is 5.33. The zero-order valence-electron chi connectivity index (χ0n) is 20.7. The molecule has 0 N–H and O–H groups in total. The second kappa shape index (κ2) is 9.67. The number of nitrogens with zero attached hydrogens (tertiary/aromatic N) is 5. The van der Waals surface area contributed by atoms with E-state index in [1.165, 1.54) is 28.9 Å². The number of fused-ring (bicyclic) bond motifs is 1. The molecule has 7 nitrogen and oxygen atoms in total. The average molecular weight is 508 g/mol. The number of hydrogen-bond donors (Lipinski definition) is 0. The van der Waals surface area contributed by atoms with Crippen LogP contribution in [0.25, 0.3) is 0 Å². The lowest BCUT2D eigenvalue weighted by Crippen LogP contribution is -2.52. The third-order valence-corrected chi connectivity index (χ3v) is 7.20. The maximum atomic E-state index is 15.7. The molecule has 0 bridgehead atoms. The number of aryl methyl sites for hydroxylation is 1. The fraction of sp³-hybridized carbons (Fsp3) is 0.520. The summed E-state index contributed by atoms with van der Waals surface area (Å²) >= 11 is 0. The predicted octanol–water partition coefficient (Wildman–Crippen LogP) is 3.66. The third kappa shape index (κ3) is 4.62. The van der Waals surface area contributed by atoms with Gasteiger partial charge in [0.2, 0.25) is 5.91 Å². The molecule has 0 spiro atoms. The van der Waals surface area contributed by atoms with E-state index in [0.717, 1.165) is 11.8 Å². The standard InChI is InChI=1S/C25H29F4N5O2/c1-14(17-6-5-7-18(21(17)26)22(27)28)30-23-19-12-34(13-20(19)32(4)15(2)31-23)24(36)25(29)8-10-33(11-9-25)16(3)35/h5-7,14,22H,8-13H2,1-4H3/b30-23-. The topological polar surface area (TPSA) is 70.8 Å². The highest BCUT2D eigenvalue weighted by Gasteiger charge is 2.46. The molecule has 11 heteroatoms. The Labute approximate surface area is 206 Å². The number of rotatable bonds is 4. The van der Waals surface area contributed by atoms with Gasteiger partial charge in [0.15, 0.2) is 11.2 Å². The number of piperidine rings is 1. The summed E-state index contributed by atoms with van der Waals surface area (Å²) < 4.78 is 58.5. The smallest absolute Gasteiger partial charge is 0.266 e. The molecule has 1 aromatic heterocycles. The number of aromatic nitrogens is 2. The molecule has 194 valence electrons.